The third kappa shape index (κ3) is 6.07. The summed E-state index contributed by atoms with van der Waals surface area (Å²) in [5.74, 6) is 1.54. The fourth-order valence-corrected chi connectivity index (χ4v) is 4.76. The first-order valence-electron chi connectivity index (χ1n) is 11.2. The fraction of sp³-hybridized carbons (Fsp3) is 0.214. The highest BCUT2D eigenvalue weighted by atomic mass is 32.2. The third-order valence-corrected chi connectivity index (χ3v) is 6.93. The molecule has 0 N–H and O–H groups in total. The Labute approximate surface area is 210 Å². The summed E-state index contributed by atoms with van der Waals surface area (Å²) in [6.45, 7) is 5.73. The predicted molar refractivity (Wildman–Crippen MR) is 143 cm³/mol. The van der Waals surface area contributed by atoms with Gasteiger partial charge in [-0.3, -0.25) is 9.69 Å². The first-order chi connectivity index (χ1) is 16.5. The summed E-state index contributed by atoms with van der Waals surface area (Å²) in [5, 5.41) is 0. The summed E-state index contributed by atoms with van der Waals surface area (Å²) in [7, 11) is 0. The average molecular weight is 490 g/mol. The average Bonchev–Trinajstić information content (AvgIpc) is 3.10. The number of hydrogen-bond acceptors (Lipinski definition) is 5. The number of nitrogens with zero attached hydrogens (tertiary/aromatic N) is 1. The molecule has 4 nitrogen and oxygen atoms in total. The van der Waals surface area contributed by atoms with Gasteiger partial charge in [0.05, 0.1) is 24.7 Å². The van der Waals surface area contributed by atoms with Crippen molar-refractivity contribution in [2.24, 2.45) is 0 Å². The van der Waals surface area contributed by atoms with Crippen molar-refractivity contribution >= 4 is 40.3 Å². The summed E-state index contributed by atoms with van der Waals surface area (Å²) in [6, 6.07) is 23.7. The van der Waals surface area contributed by atoms with Gasteiger partial charge in [0, 0.05) is 12.0 Å². The number of ether oxygens (including phenoxy) is 2. The summed E-state index contributed by atoms with van der Waals surface area (Å²) in [5.41, 5.74) is 4.38. The molecule has 1 aliphatic rings. The van der Waals surface area contributed by atoms with Crippen LogP contribution in [0, 0.1) is 13.8 Å². The van der Waals surface area contributed by atoms with E-state index in [1.807, 2.05) is 66.7 Å². The minimum atomic E-state index is -0.0737. The van der Waals surface area contributed by atoms with Crippen LogP contribution in [0.5, 0.6) is 11.5 Å². The molecule has 3 aromatic carbocycles. The highest BCUT2D eigenvalue weighted by Gasteiger charge is 2.32. The Morgan fingerprint density at radius 3 is 2.44 bits per heavy atom. The third-order valence-electron chi connectivity index (χ3n) is 5.56. The highest BCUT2D eigenvalue weighted by molar-refractivity contribution is 8.26. The monoisotopic (exact) mass is 489 g/mol. The summed E-state index contributed by atoms with van der Waals surface area (Å²) >= 11 is 6.81. The Balaban J connectivity index is 1.35. The second kappa shape index (κ2) is 11.4. The molecule has 0 unspecified atom stereocenters. The van der Waals surface area contributed by atoms with Gasteiger partial charge in [-0.05, 0) is 54.8 Å². The second-order valence-corrected chi connectivity index (χ2v) is 9.76. The van der Waals surface area contributed by atoms with Crippen molar-refractivity contribution in [3.8, 4) is 11.5 Å². The first-order valence-corrected chi connectivity index (χ1v) is 12.4. The van der Waals surface area contributed by atoms with Crippen LogP contribution in [-0.4, -0.2) is 28.3 Å². The smallest absolute Gasteiger partial charge is 0.266 e. The van der Waals surface area contributed by atoms with Crippen molar-refractivity contribution in [1.29, 1.82) is 0 Å². The van der Waals surface area contributed by atoms with Crippen molar-refractivity contribution in [3.05, 3.63) is 100.0 Å². The molecule has 174 valence electrons. The predicted octanol–water partition coefficient (Wildman–Crippen LogP) is 6.55. The molecule has 1 aliphatic heterocycles. The van der Waals surface area contributed by atoms with E-state index in [9.17, 15) is 4.79 Å². The minimum Gasteiger partial charge on any atom is -0.493 e. The highest BCUT2D eigenvalue weighted by Crippen LogP contribution is 2.35. The quantitative estimate of drug-likeness (QED) is 0.194. The number of thioether (sulfide) groups is 1. The molecule has 1 heterocycles. The normalized spacial score (nSPS) is 14.6. The maximum Gasteiger partial charge on any atom is 0.266 e. The molecule has 0 aromatic heterocycles. The van der Waals surface area contributed by atoms with Gasteiger partial charge in [0.1, 0.15) is 15.8 Å². The van der Waals surface area contributed by atoms with Gasteiger partial charge >= 0.3 is 0 Å². The Kier molecular flexibility index (Phi) is 8.03. The van der Waals surface area contributed by atoms with Gasteiger partial charge in [0.2, 0.25) is 0 Å². The number of carbonyl (C=O) groups excluding carboxylic acids is 1. The largest absolute Gasteiger partial charge is 0.493 e. The Bertz CT molecular complexity index is 1210. The first kappa shape index (κ1) is 24.0. The van der Waals surface area contributed by atoms with E-state index < -0.39 is 0 Å². The van der Waals surface area contributed by atoms with Crippen LogP contribution in [0.1, 0.15) is 28.7 Å². The summed E-state index contributed by atoms with van der Waals surface area (Å²) in [4.78, 5) is 15.3. The zero-order chi connectivity index (χ0) is 23.9. The van der Waals surface area contributed by atoms with Crippen molar-refractivity contribution in [3.63, 3.8) is 0 Å². The van der Waals surface area contributed by atoms with Crippen molar-refractivity contribution < 1.29 is 14.3 Å². The maximum absolute atomic E-state index is 13.0. The number of rotatable bonds is 9. The minimum absolute atomic E-state index is 0.0737. The molecule has 0 spiro atoms. The van der Waals surface area contributed by atoms with E-state index in [0.29, 0.717) is 29.0 Å². The van der Waals surface area contributed by atoms with Crippen molar-refractivity contribution in [2.75, 3.05) is 13.2 Å². The maximum atomic E-state index is 13.0. The van der Waals surface area contributed by atoms with Crippen LogP contribution < -0.4 is 9.47 Å². The van der Waals surface area contributed by atoms with E-state index in [0.717, 1.165) is 29.0 Å². The van der Waals surface area contributed by atoms with Gasteiger partial charge in [-0.25, -0.2) is 0 Å². The van der Waals surface area contributed by atoms with E-state index in [1.165, 1.54) is 22.9 Å². The van der Waals surface area contributed by atoms with Gasteiger partial charge in [-0.15, -0.1) is 0 Å². The number of aryl methyl sites for hydroxylation is 2. The molecular formula is C28H27NO3S2. The molecule has 0 aliphatic carbocycles. The number of benzene rings is 3. The zero-order valence-electron chi connectivity index (χ0n) is 19.3. The molecule has 0 bridgehead atoms. The number of carbonyl (C=O) groups is 1. The van der Waals surface area contributed by atoms with Crippen LogP contribution in [0.2, 0.25) is 0 Å². The Hall–Kier alpha value is -3.09. The molecular weight excluding hydrogens is 462 g/mol. The number of hydrogen-bond donors (Lipinski definition) is 0. The lowest BCUT2D eigenvalue weighted by atomic mass is 10.1. The van der Waals surface area contributed by atoms with Gasteiger partial charge in [0.15, 0.2) is 0 Å². The van der Waals surface area contributed by atoms with Crippen molar-refractivity contribution in [1.82, 2.24) is 4.90 Å². The lowest BCUT2D eigenvalue weighted by Gasteiger charge is -2.14. The topological polar surface area (TPSA) is 38.8 Å². The van der Waals surface area contributed by atoms with Gasteiger partial charge in [-0.2, -0.15) is 0 Å². The van der Waals surface area contributed by atoms with Gasteiger partial charge < -0.3 is 9.47 Å². The van der Waals surface area contributed by atoms with E-state index in [1.54, 1.807) is 4.90 Å². The summed E-state index contributed by atoms with van der Waals surface area (Å²) < 4.78 is 12.4. The van der Waals surface area contributed by atoms with Crippen LogP contribution in [0.15, 0.2) is 77.7 Å². The van der Waals surface area contributed by atoms with Crippen LogP contribution in [-0.2, 0) is 11.3 Å². The summed E-state index contributed by atoms with van der Waals surface area (Å²) in [6.07, 6.45) is 2.62. The molecule has 1 fully saturated rings. The molecule has 34 heavy (non-hydrogen) atoms. The SMILES string of the molecule is Cc1ccc(OCCCOc2ccccc2C=C2SC(=S)N(Cc3ccccc3)C2=O)cc1C. The molecule has 0 atom stereocenters. The number of para-hydroxylation sites is 1. The molecule has 1 amide bonds. The molecule has 6 heteroatoms. The van der Waals surface area contributed by atoms with Crippen molar-refractivity contribution in [2.45, 2.75) is 26.8 Å². The van der Waals surface area contributed by atoms with Crippen LogP contribution in [0.25, 0.3) is 6.08 Å². The lowest BCUT2D eigenvalue weighted by Crippen LogP contribution is -2.27. The Morgan fingerprint density at radius 1 is 0.912 bits per heavy atom. The van der Waals surface area contributed by atoms with Crippen LogP contribution in [0.4, 0.5) is 0 Å². The van der Waals surface area contributed by atoms with E-state index in [4.69, 9.17) is 21.7 Å². The number of amides is 1. The molecule has 0 radical (unpaired) electrons. The molecule has 4 rings (SSSR count). The van der Waals surface area contributed by atoms with Crippen LogP contribution >= 0.6 is 24.0 Å². The van der Waals surface area contributed by atoms with E-state index in [-0.39, 0.29) is 5.91 Å². The Morgan fingerprint density at radius 2 is 1.65 bits per heavy atom. The molecule has 3 aromatic rings. The molecule has 1 saturated heterocycles. The number of thiocarbonyl (C=S) groups is 1. The fourth-order valence-electron chi connectivity index (χ4n) is 3.51. The molecule has 0 saturated carbocycles. The van der Waals surface area contributed by atoms with Crippen LogP contribution in [0.3, 0.4) is 0 Å². The van der Waals surface area contributed by atoms with Gasteiger partial charge in [-0.1, -0.05) is 78.6 Å². The second-order valence-electron chi connectivity index (χ2n) is 8.09. The standard InChI is InChI=1S/C28H27NO3S2/c1-20-13-14-24(17-21(20)2)31-15-8-16-32-25-12-7-6-11-23(25)18-26-27(30)29(28(33)34-26)19-22-9-4-3-5-10-22/h3-7,9-14,17-18H,8,15-16,19H2,1-2H3. The van der Waals surface area contributed by atoms with E-state index >= 15 is 0 Å². The van der Waals surface area contributed by atoms with Gasteiger partial charge in [0.25, 0.3) is 5.91 Å². The zero-order valence-corrected chi connectivity index (χ0v) is 21.0. The lowest BCUT2D eigenvalue weighted by molar-refractivity contribution is -0.122. The van der Waals surface area contributed by atoms with E-state index in [2.05, 4.69) is 26.0 Å².